The van der Waals surface area contributed by atoms with Crippen LogP contribution in [0.2, 0.25) is 0 Å². The Bertz CT molecular complexity index is 1400. The lowest BCUT2D eigenvalue weighted by molar-refractivity contribution is 0.634. The van der Waals surface area contributed by atoms with E-state index >= 15 is 0 Å². The number of nitrogens with zero attached hydrogens (tertiary/aromatic N) is 9. The summed E-state index contributed by atoms with van der Waals surface area (Å²) in [6.45, 7) is 3.33. The molecular weight excluding hydrogens is 426 g/mol. The van der Waals surface area contributed by atoms with Crippen molar-refractivity contribution in [2.45, 2.75) is 6.42 Å². The first kappa shape index (κ1) is 20.3. The molecule has 34 heavy (non-hydrogen) atoms. The average Bonchev–Trinajstić information content (AvgIpc) is 3.51. The van der Waals surface area contributed by atoms with Crippen LogP contribution in [0.3, 0.4) is 0 Å². The normalized spacial score (nSPS) is 14.1. The van der Waals surface area contributed by atoms with Crippen molar-refractivity contribution in [2.24, 2.45) is 7.05 Å². The SMILES string of the molecule is Cn1cc(-c2ccn3nnc(N4CCN(c5ncc(Cc6ccccc6)cn5)CC4)c3c2)cn1. The maximum Gasteiger partial charge on any atom is 0.225 e. The third-order valence-electron chi connectivity index (χ3n) is 6.24. The Morgan fingerprint density at radius 3 is 2.32 bits per heavy atom. The number of benzene rings is 1. The van der Waals surface area contributed by atoms with Gasteiger partial charge in [0.15, 0.2) is 5.82 Å². The number of rotatable bonds is 5. The third kappa shape index (κ3) is 3.96. The molecule has 9 nitrogen and oxygen atoms in total. The molecule has 0 bridgehead atoms. The largest absolute Gasteiger partial charge is 0.350 e. The summed E-state index contributed by atoms with van der Waals surface area (Å²) in [5.74, 6) is 1.69. The van der Waals surface area contributed by atoms with E-state index in [4.69, 9.17) is 0 Å². The molecule has 0 amide bonds. The quantitative estimate of drug-likeness (QED) is 0.406. The topological polar surface area (TPSA) is 80.3 Å². The number of aryl methyl sites for hydroxylation is 1. The van der Waals surface area contributed by atoms with Crippen LogP contribution in [0.5, 0.6) is 0 Å². The van der Waals surface area contributed by atoms with Crippen molar-refractivity contribution >= 4 is 17.3 Å². The van der Waals surface area contributed by atoms with E-state index in [0.29, 0.717) is 0 Å². The Hall–Kier alpha value is -4.27. The van der Waals surface area contributed by atoms with Crippen LogP contribution >= 0.6 is 0 Å². The molecule has 4 aromatic heterocycles. The van der Waals surface area contributed by atoms with Crippen LogP contribution in [0.25, 0.3) is 16.6 Å². The van der Waals surface area contributed by atoms with Gasteiger partial charge in [-0.3, -0.25) is 4.68 Å². The van der Waals surface area contributed by atoms with Crippen LogP contribution in [0.4, 0.5) is 11.8 Å². The molecule has 0 aliphatic carbocycles. The third-order valence-corrected chi connectivity index (χ3v) is 6.24. The monoisotopic (exact) mass is 451 g/mol. The lowest BCUT2D eigenvalue weighted by Crippen LogP contribution is -2.47. The minimum absolute atomic E-state index is 0.781. The lowest BCUT2D eigenvalue weighted by atomic mass is 10.1. The second kappa shape index (κ2) is 8.58. The minimum Gasteiger partial charge on any atom is -0.350 e. The zero-order valence-corrected chi connectivity index (χ0v) is 19.0. The Balaban J connectivity index is 1.15. The summed E-state index contributed by atoms with van der Waals surface area (Å²) in [5, 5.41) is 13.1. The van der Waals surface area contributed by atoms with Crippen LogP contribution in [0.15, 0.2) is 73.4 Å². The van der Waals surface area contributed by atoms with Crippen molar-refractivity contribution in [3.8, 4) is 11.1 Å². The van der Waals surface area contributed by atoms with E-state index in [-0.39, 0.29) is 0 Å². The second-order valence-corrected chi connectivity index (χ2v) is 8.59. The number of aromatic nitrogens is 7. The van der Waals surface area contributed by atoms with Gasteiger partial charge < -0.3 is 9.80 Å². The van der Waals surface area contributed by atoms with Gasteiger partial charge in [-0.15, -0.1) is 5.10 Å². The minimum atomic E-state index is 0.781. The van der Waals surface area contributed by atoms with Gasteiger partial charge in [-0.05, 0) is 28.8 Å². The Morgan fingerprint density at radius 1 is 0.824 bits per heavy atom. The molecular formula is C25H25N9. The highest BCUT2D eigenvalue weighted by atomic mass is 15.4. The van der Waals surface area contributed by atoms with Crippen LogP contribution < -0.4 is 9.80 Å². The van der Waals surface area contributed by atoms with E-state index in [1.807, 2.05) is 59.4 Å². The first-order valence-electron chi connectivity index (χ1n) is 11.4. The number of fused-ring (bicyclic) bond motifs is 1. The molecule has 1 aromatic carbocycles. The van der Waals surface area contributed by atoms with Gasteiger partial charge in [0.1, 0.15) is 5.52 Å². The van der Waals surface area contributed by atoms with E-state index in [1.54, 1.807) is 0 Å². The summed E-state index contributed by atoms with van der Waals surface area (Å²) in [7, 11) is 1.92. The van der Waals surface area contributed by atoms with Crippen molar-refractivity contribution < 1.29 is 0 Å². The smallest absolute Gasteiger partial charge is 0.225 e. The summed E-state index contributed by atoms with van der Waals surface area (Å²) in [6, 6.07) is 14.6. The Labute approximate surface area is 197 Å². The number of pyridine rings is 1. The number of hydrogen-bond acceptors (Lipinski definition) is 7. The van der Waals surface area contributed by atoms with Crippen molar-refractivity contribution in [1.82, 2.24) is 34.6 Å². The van der Waals surface area contributed by atoms with E-state index in [1.165, 1.54) is 5.56 Å². The first-order valence-corrected chi connectivity index (χ1v) is 11.4. The zero-order chi connectivity index (χ0) is 22.9. The standard InChI is InChI=1S/C25H25N9/c1-31-18-22(17-28-31)21-7-8-34-23(14-21)24(29-30-34)32-9-11-33(12-10-32)25-26-15-20(16-27-25)13-19-5-3-2-4-6-19/h2-8,14-18H,9-13H2,1H3. The molecule has 0 saturated carbocycles. The van der Waals surface area contributed by atoms with Gasteiger partial charge in [0, 0.05) is 70.0 Å². The van der Waals surface area contributed by atoms with Crippen LogP contribution in [0, 0.1) is 0 Å². The maximum absolute atomic E-state index is 4.64. The molecule has 0 unspecified atom stereocenters. The summed E-state index contributed by atoms with van der Waals surface area (Å²) in [5.41, 5.74) is 5.56. The molecule has 0 radical (unpaired) electrons. The van der Waals surface area contributed by atoms with Gasteiger partial charge in [-0.25, -0.2) is 14.5 Å². The van der Waals surface area contributed by atoms with Gasteiger partial charge in [-0.2, -0.15) is 5.10 Å². The summed E-state index contributed by atoms with van der Waals surface area (Å²) in [6.07, 6.45) is 10.6. The van der Waals surface area contributed by atoms with Gasteiger partial charge in [0.05, 0.1) is 6.20 Å². The molecule has 5 heterocycles. The Morgan fingerprint density at radius 2 is 1.59 bits per heavy atom. The predicted octanol–water partition coefficient (Wildman–Crippen LogP) is 2.84. The highest BCUT2D eigenvalue weighted by Crippen LogP contribution is 2.26. The van der Waals surface area contributed by atoms with Gasteiger partial charge in [0.2, 0.25) is 5.95 Å². The summed E-state index contributed by atoms with van der Waals surface area (Å²) >= 11 is 0. The lowest BCUT2D eigenvalue weighted by Gasteiger charge is -2.34. The molecule has 1 fully saturated rings. The molecule has 1 aliphatic rings. The molecule has 6 rings (SSSR count). The molecule has 0 atom stereocenters. The Kier molecular flexibility index (Phi) is 5.14. The molecule has 5 aromatic rings. The predicted molar refractivity (Wildman–Crippen MR) is 131 cm³/mol. The number of anilines is 2. The molecule has 9 heteroatoms. The molecule has 170 valence electrons. The fourth-order valence-electron chi connectivity index (χ4n) is 4.41. The molecule has 1 saturated heterocycles. The van der Waals surface area contributed by atoms with Gasteiger partial charge >= 0.3 is 0 Å². The molecule has 0 spiro atoms. The van der Waals surface area contributed by atoms with Crippen molar-refractivity contribution in [2.75, 3.05) is 36.0 Å². The number of piperazine rings is 1. The zero-order valence-electron chi connectivity index (χ0n) is 19.0. The van der Waals surface area contributed by atoms with E-state index in [9.17, 15) is 0 Å². The average molecular weight is 452 g/mol. The molecule has 0 N–H and O–H groups in total. The van der Waals surface area contributed by atoms with E-state index in [2.05, 4.69) is 65.5 Å². The maximum atomic E-state index is 4.64. The van der Waals surface area contributed by atoms with Crippen molar-refractivity contribution in [3.63, 3.8) is 0 Å². The van der Waals surface area contributed by atoms with E-state index < -0.39 is 0 Å². The summed E-state index contributed by atoms with van der Waals surface area (Å²) < 4.78 is 3.64. The highest BCUT2D eigenvalue weighted by Gasteiger charge is 2.23. The van der Waals surface area contributed by atoms with Gasteiger partial charge in [0.25, 0.3) is 0 Å². The fourth-order valence-corrected chi connectivity index (χ4v) is 4.41. The highest BCUT2D eigenvalue weighted by molar-refractivity contribution is 5.76. The fraction of sp³-hybridized carbons (Fsp3) is 0.240. The summed E-state index contributed by atoms with van der Waals surface area (Å²) in [4.78, 5) is 13.8. The van der Waals surface area contributed by atoms with Crippen LogP contribution in [-0.4, -0.2) is 60.8 Å². The van der Waals surface area contributed by atoms with Crippen LogP contribution in [0.1, 0.15) is 11.1 Å². The van der Waals surface area contributed by atoms with Crippen molar-refractivity contribution in [1.29, 1.82) is 0 Å². The van der Waals surface area contributed by atoms with Gasteiger partial charge in [-0.1, -0.05) is 35.5 Å². The number of hydrogen-bond donors (Lipinski definition) is 0. The van der Waals surface area contributed by atoms with Crippen molar-refractivity contribution in [3.05, 3.63) is 84.6 Å². The van der Waals surface area contributed by atoms with Crippen LogP contribution in [-0.2, 0) is 13.5 Å². The van der Waals surface area contributed by atoms with E-state index in [0.717, 1.165) is 66.6 Å². The first-order chi connectivity index (χ1) is 16.7. The molecule has 1 aliphatic heterocycles. The second-order valence-electron chi connectivity index (χ2n) is 8.59.